The number of ether oxygens (including phenoxy) is 2. The summed E-state index contributed by atoms with van der Waals surface area (Å²) in [6.45, 7) is 8.05. The van der Waals surface area contributed by atoms with Crippen LogP contribution >= 0.6 is 0 Å². The van der Waals surface area contributed by atoms with Gasteiger partial charge < -0.3 is 14.8 Å². The van der Waals surface area contributed by atoms with Crippen molar-refractivity contribution in [1.29, 1.82) is 0 Å². The second-order valence-electron chi connectivity index (χ2n) is 6.59. The van der Waals surface area contributed by atoms with E-state index in [1.54, 1.807) is 0 Å². The minimum absolute atomic E-state index is 0.430. The monoisotopic (exact) mass is 306 g/mol. The van der Waals surface area contributed by atoms with Gasteiger partial charge in [-0.05, 0) is 51.3 Å². The third-order valence-electron chi connectivity index (χ3n) is 3.42. The van der Waals surface area contributed by atoms with Gasteiger partial charge >= 0.3 is 6.09 Å². The Kier molecular flexibility index (Phi) is 5.80. The highest BCUT2D eigenvalue weighted by Gasteiger charge is 2.16. The molecule has 1 aromatic rings. The Morgan fingerprint density at radius 1 is 1.23 bits per heavy atom. The van der Waals surface area contributed by atoms with Crippen molar-refractivity contribution in [2.24, 2.45) is 0 Å². The zero-order valence-electron chi connectivity index (χ0n) is 13.6. The van der Waals surface area contributed by atoms with Crippen molar-refractivity contribution in [3.63, 3.8) is 0 Å². The summed E-state index contributed by atoms with van der Waals surface area (Å²) in [4.78, 5) is 11.7. The number of carbonyl (C=O) groups excluding carboxylic acids is 1. The molecule has 0 radical (unpaired) electrons. The van der Waals surface area contributed by atoms with Crippen molar-refractivity contribution in [1.82, 2.24) is 5.32 Å². The molecule has 0 aliphatic carbocycles. The minimum Gasteiger partial charge on any atom is -0.444 e. The van der Waals surface area contributed by atoms with Crippen LogP contribution in [-0.2, 0) is 16.0 Å². The Balaban J connectivity index is 1.78. The lowest BCUT2D eigenvalue weighted by atomic mass is 10.1. The van der Waals surface area contributed by atoms with E-state index in [0.717, 1.165) is 38.3 Å². The van der Waals surface area contributed by atoms with Crippen LogP contribution in [0.5, 0.6) is 0 Å². The van der Waals surface area contributed by atoms with Crippen LogP contribution in [0.1, 0.15) is 39.2 Å². The lowest BCUT2D eigenvalue weighted by Gasteiger charge is -2.23. The van der Waals surface area contributed by atoms with Gasteiger partial charge in [-0.25, -0.2) is 4.79 Å². The molecule has 0 bridgehead atoms. The lowest BCUT2D eigenvalue weighted by Crippen LogP contribution is -2.34. The fraction of sp³-hybridized carbons (Fsp3) is 0.588. The predicted molar refractivity (Wildman–Crippen MR) is 87.0 cm³/mol. The van der Waals surface area contributed by atoms with E-state index in [1.807, 2.05) is 45.0 Å². The molecule has 0 aromatic heterocycles. The van der Waals surface area contributed by atoms with Crippen molar-refractivity contribution < 1.29 is 14.3 Å². The van der Waals surface area contributed by atoms with Gasteiger partial charge in [-0.15, -0.1) is 0 Å². The van der Waals surface area contributed by atoms with Crippen LogP contribution in [-0.4, -0.2) is 30.9 Å². The molecule has 5 heteroatoms. The van der Waals surface area contributed by atoms with Crippen molar-refractivity contribution >= 4 is 11.8 Å². The topological polar surface area (TPSA) is 59.6 Å². The zero-order chi connectivity index (χ0) is 16.0. The lowest BCUT2D eigenvalue weighted by molar-refractivity contribution is 0.0636. The van der Waals surface area contributed by atoms with Gasteiger partial charge in [0.1, 0.15) is 5.60 Å². The Labute approximate surface area is 132 Å². The van der Waals surface area contributed by atoms with Crippen LogP contribution in [0.2, 0.25) is 0 Å². The summed E-state index contributed by atoms with van der Waals surface area (Å²) >= 11 is 0. The number of rotatable bonds is 4. The Morgan fingerprint density at radius 3 is 2.45 bits per heavy atom. The highest BCUT2D eigenvalue weighted by atomic mass is 16.6. The summed E-state index contributed by atoms with van der Waals surface area (Å²) < 4.78 is 10.6. The molecule has 1 aliphatic heterocycles. The van der Waals surface area contributed by atoms with Gasteiger partial charge in [-0.3, -0.25) is 5.32 Å². The van der Waals surface area contributed by atoms with Gasteiger partial charge in [0.25, 0.3) is 0 Å². The molecule has 0 spiro atoms. The number of carbonyl (C=O) groups is 1. The molecule has 1 saturated heterocycles. The fourth-order valence-electron chi connectivity index (χ4n) is 2.29. The summed E-state index contributed by atoms with van der Waals surface area (Å²) in [5.74, 6) is 0. The van der Waals surface area contributed by atoms with E-state index < -0.39 is 11.7 Å². The molecule has 1 aliphatic rings. The third kappa shape index (κ3) is 6.03. The van der Waals surface area contributed by atoms with Crippen LogP contribution in [0, 0.1) is 0 Å². The molecule has 0 unspecified atom stereocenters. The maximum absolute atomic E-state index is 11.7. The van der Waals surface area contributed by atoms with E-state index in [4.69, 9.17) is 9.47 Å². The molecule has 0 atom stereocenters. The van der Waals surface area contributed by atoms with Gasteiger partial charge in [0.2, 0.25) is 0 Å². The van der Waals surface area contributed by atoms with Crippen LogP contribution < -0.4 is 10.6 Å². The van der Waals surface area contributed by atoms with Gasteiger partial charge in [-0.1, -0.05) is 12.1 Å². The first-order valence-corrected chi connectivity index (χ1v) is 7.82. The molecule has 2 N–H and O–H groups in total. The van der Waals surface area contributed by atoms with Crippen molar-refractivity contribution in [3.8, 4) is 0 Å². The standard InChI is InChI=1S/C17H26N2O3/c1-17(2,3)22-16(20)19-15-6-4-13(5-7-15)12-18-14-8-10-21-11-9-14/h4-7,14,18H,8-12H2,1-3H3,(H,19,20). The normalized spacial score (nSPS) is 16.3. The quantitative estimate of drug-likeness (QED) is 0.896. The molecule has 5 nitrogen and oxygen atoms in total. The number of hydrogen-bond donors (Lipinski definition) is 2. The fourth-order valence-corrected chi connectivity index (χ4v) is 2.29. The van der Waals surface area contributed by atoms with E-state index >= 15 is 0 Å². The second-order valence-corrected chi connectivity index (χ2v) is 6.59. The molecule has 1 amide bonds. The largest absolute Gasteiger partial charge is 0.444 e. The molecule has 1 fully saturated rings. The molecule has 0 saturated carbocycles. The van der Waals surface area contributed by atoms with E-state index in [0.29, 0.717) is 6.04 Å². The number of amides is 1. The van der Waals surface area contributed by atoms with Crippen LogP contribution in [0.4, 0.5) is 10.5 Å². The zero-order valence-corrected chi connectivity index (χ0v) is 13.6. The average Bonchev–Trinajstić information content (AvgIpc) is 2.45. The number of anilines is 1. The van der Waals surface area contributed by atoms with Crippen molar-refractivity contribution in [2.75, 3.05) is 18.5 Å². The van der Waals surface area contributed by atoms with E-state index in [2.05, 4.69) is 10.6 Å². The minimum atomic E-state index is -0.488. The Morgan fingerprint density at radius 2 is 1.86 bits per heavy atom. The summed E-state index contributed by atoms with van der Waals surface area (Å²) in [7, 11) is 0. The number of hydrogen-bond acceptors (Lipinski definition) is 4. The van der Waals surface area contributed by atoms with Crippen LogP contribution in [0.15, 0.2) is 24.3 Å². The summed E-state index contributed by atoms with van der Waals surface area (Å²) in [6, 6.07) is 8.35. The molecule has 1 heterocycles. The van der Waals surface area contributed by atoms with E-state index in [9.17, 15) is 4.79 Å². The van der Waals surface area contributed by atoms with E-state index in [-0.39, 0.29) is 0 Å². The first kappa shape index (κ1) is 16.8. The molecular formula is C17H26N2O3. The summed E-state index contributed by atoms with van der Waals surface area (Å²) in [5.41, 5.74) is 1.45. The summed E-state index contributed by atoms with van der Waals surface area (Å²) in [6.07, 6.45) is 1.71. The smallest absolute Gasteiger partial charge is 0.412 e. The maximum atomic E-state index is 11.7. The first-order valence-electron chi connectivity index (χ1n) is 7.82. The predicted octanol–water partition coefficient (Wildman–Crippen LogP) is 3.30. The van der Waals surface area contributed by atoms with Gasteiger partial charge in [0, 0.05) is 31.5 Å². The molecule has 22 heavy (non-hydrogen) atoms. The molecule has 122 valence electrons. The molecule has 2 rings (SSSR count). The summed E-state index contributed by atoms with van der Waals surface area (Å²) in [5, 5.41) is 6.27. The van der Waals surface area contributed by atoms with Gasteiger partial charge in [0.15, 0.2) is 0 Å². The Bertz CT molecular complexity index is 474. The van der Waals surface area contributed by atoms with Crippen LogP contribution in [0.25, 0.3) is 0 Å². The SMILES string of the molecule is CC(C)(C)OC(=O)Nc1ccc(CNC2CCOCC2)cc1. The van der Waals surface area contributed by atoms with E-state index in [1.165, 1.54) is 5.56 Å². The average molecular weight is 306 g/mol. The maximum Gasteiger partial charge on any atom is 0.412 e. The molecule has 1 aromatic carbocycles. The number of nitrogens with one attached hydrogen (secondary N) is 2. The van der Waals surface area contributed by atoms with Crippen molar-refractivity contribution in [3.05, 3.63) is 29.8 Å². The highest BCUT2D eigenvalue weighted by molar-refractivity contribution is 5.84. The second kappa shape index (κ2) is 7.61. The third-order valence-corrected chi connectivity index (χ3v) is 3.42. The number of benzene rings is 1. The highest BCUT2D eigenvalue weighted by Crippen LogP contribution is 2.14. The molecular weight excluding hydrogens is 280 g/mol. The van der Waals surface area contributed by atoms with Gasteiger partial charge in [-0.2, -0.15) is 0 Å². The first-order chi connectivity index (χ1) is 10.4. The van der Waals surface area contributed by atoms with Gasteiger partial charge in [0.05, 0.1) is 0 Å². The van der Waals surface area contributed by atoms with Crippen molar-refractivity contribution in [2.45, 2.75) is 51.8 Å². The Hall–Kier alpha value is -1.59. The van der Waals surface area contributed by atoms with Crippen LogP contribution in [0.3, 0.4) is 0 Å².